The van der Waals surface area contributed by atoms with Crippen molar-refractivity contribution in [2.75, 3.05) is 17.7 Å². The van der Waals surface area contributed by atoms with Crippen LogP contribution in [0.2, 0.25) is 0 Å². The molecule has 1 amide bonds. The van der Waals surface area contributed by atoms with Crippen molar-refractivity contribution in [3.8, 4) is 0 Å². The molecule has 2 rings (SSSR count). The number of aromatic nitrogens is 1. The highest BCUT2D eigenvalue weighted by Crippen LogP contribution is 2.29. The molecule has 0 aliphatic rings. The van der Waals surface area contributed by atoms with Crippen LogP contribution in [0, 0.1) is 0 Å². The number of carbonyl (C=O) groups excluding carboxylic acids is 1. The summed E-state index contributed by atoms with van der Waals surface area (Å²) < 4.78 is 37.3. The summed E-state index contributed by atoms with van der Waals surface area (Å²) in [5, 5.41) is 5.37. The van der Waals surface area contributed by atoms with Crippen molar-refractivity contribution in [3.63, 3.8) is 0 Å². The van der Waals surface area contributed by atoms with Gasteiger partial charge in [-0.05, 0) is 30.3 Å². The first-order valence-electron chi connectivity index (χ1n) is 6.02. The first-order valence-corrected chi connectivity index (χ1v) is 6.02. The molecule has 2 aromatic rings. The van der Waals surface area contributed by atoms with Crippen LogP contribution in [-0.2, 0) is 6.18 Å². The van der Waals surface area contributed by atoms with Crippen LogP contribution >= 0.6 is 0 Å². The Balaban J connectivity index is 2.16. The van der Waals surface area contributed by atoms with Gasteiger partial charge in [-0.2, -0.15) is 13.2 Å². The van der Waals surface area contributed by atoms with Gasteiger partial charge in [0.05, 0.1) is 11.1 Å². The molecule has 0 atom stereocenters. The first kappa shape index (κ1) is 14.8. The largest absolute Gasteiger partial charge is 0.416 e. The van der Waals surface area contributed by atoms with Crippen molar-refractivity contribution in [2.24, 2.45) is 0 Å². The number of nitrogens with zero attached hydrogens (tertiary/aromatic N) is 1. The molecule has 0 saturated carbocycles. The quantitative estimate of drug-likeness (QED) is 0.912. The van der Waals surface area contributed by atoms with Gasteiger partial charge in [0.2, 0.25) is 0 Å². The molecule has 0 radical (unpaired) electrons. The van der Waals surface area contributed by atoms with Gasteiger partial charge in [-0.25, -0.2) is 0 Å². The normalized spacial score (nSPS) is 11.0. The number of halogens is 3. The van der Waals surface area contributed by atoms with E-state index in [-0.39, 0.29) is 5.69 Å². The minimum absolute atomic E-state index is 0.277. The molecular weight excluding hydrogens is 283 g/mol. The van der Waals surface area contributed by atoms with Crippen LogP contribution in [0.4, 0.5) is 24.5 Å². The number of nitrogens with one attached hydrogen (secondary N) is 2. The van der Waals surface area contributed by atoms with E-state index >= 15 is 0 Å². The third-order valence-corrected chi connectivity index (χ3v) is 2.81. The smallest absolute Gasteiger partial charge is 0.387 e. The molecule has 2 N–H and O–H groups in total. The Kier molecular flexibility index (Phi) is 4.11. The third-order valence-electron chi connectivity index (χ3n) is 2.81. The van der Waals surface area contributed by atoms with E-state index in [0.29, 0.717) is 11.3 Å². The van der Waals surface area contributed by atoms with E-state index in [1.807, 2.05) is 0 Å². The van der Waals surface area contributed by atoms with Crippen molar-refractivity contribution >= 4 is 17.3 Å². The lowest BCUT2D eigenvalue weighted by molar-refractivity contribution is -0.137. The van der Waals surface area contributed by atoms with E-state index < -0.39 is 17.6 Å². The monoisotopic (exact) mass is 295 g/mol. The van der Waals surface area contributed by atoms with Crippen LogP contribution in [0.15, 0.2) is 42.7 Å². The van der Waals surface area contributed by atoms with Gasteiger partial charge >= 0.3 is 6.18 Å². The van der Waals surface area contributed by atoms with Crippen LogP contribution in [-0.4, -0.2) is 17.9 Å². The molecule has 0 aliphatic heterocycles. The van der Waals surface area contributed by atoms with Crippen LogP contribution in [0.1, 0.15) is 15.9 Å². The molecule has 1 aromatic carbocycles. The van der Waals surface area contributed by atoms with Gasteiger partial charge in [0.1, 0.15) is 0 Å². The van der Waals surface area contributed by atoms with Gasteiger partial charge in [0.15, 0.2) is 0 Å². The molecule has 0 fully saturated rings. The Morgan fingerprint density at radius 3 is 2.38 bits per heavy atom. The van der Waals surface area contributed by atoms with Crippen LogP contribution in [0.5, 0.6) is 0 Å². The number of anilines is 2. The summed E-state index contributed by atoms with van der Waals surface area (Å²) in [6.07, 6.45) is -1.49. The number of pyridine rings is 1. The van der Waals surface area contributed by atoms with E-state index in [9.17, 15) is 18.0 Å². The summed E-state index contributed by atoms with van der Waals surface area (Å²) >= 11 is 0. The number of hydrogen-bond acceptors (Lipinski definition) is 3. The highest BCUT2D eigenvalue weighted by Gasteiger charge is 2.30. The minimum atomic E-state index is -4.40. The van der Waals surface area contributed by atoms with Crippen molar-refractivity contribution in [3.05, 3.63) is 53.9 Å². The predicted octanol–water partition coefficient (Wildman–Crippen LogP) is 3.39. The van der Waals surface area contributed by atoms with E-state index in [0.717, 1.165) is 12.1 Å². The number of hydrogen-bond donors (Lipinski definition) is 2. The maximum Gasteiger partial charge on any atom is 0.416 e. The maximum atomic E-state index is 12.4. The van der Waals surface area contributed by atoms with Crippen LogP contribution < -0.4 is 10.6 Å². The molecule has 0 spiro atoms. The fraction of sp³-hybridized carbons (Fsp3) is 0.143. The zero-order valence-electron chi connectivity index (χ0n) is 11.0. The Labute approximate surface area is 119 Å². The van der Waals surface area contributed by atoms with Gasteiger partial charge in [-0.3, -0.25) is 9.78 Å². The van der Waals surface area contributed by atoms with Crippen LogP contribution in [0.25, 0.3) is 0 Å². The standard InChI is InChI=1S/C14H12F3N3O/c1-18-12-6-7-19-8-11(12)13(21)20-10-4-2-9(3-5-10)14(15,16)17/h2-8H,1H3,(H,18,19)(H,20,21). The van der Waals surface area contributed by atoms with E-state index in [1.165, 1.54) is 24.5 Å². The number of carbonyl (C=O) groups is 1. The van der Waals surface area contributed by atoms with Gasteiger partial charge < -0.3 is 10.6 Å². The molecule has 4 nitrogen and oxygen atoms in total. The van der Waals surface area contributed by atoms with E-state index in [1.54, 1.807) is 13.1 Å². The molecule has 110 valence electrons. The van der Waals surface area contributed by atoms with Gasteiger partial charge in [-0.15, -0.1) is 0 Å². The second-order valence-electron chi connectivity index (χ2n) is 4.20. The molecule has 7 heteroatoms. The second-order valence-corrected chi connectivity index (χ2v) is 4.20. The average molecular weight is 295 g/mol. The molecule has 0 aliphatic carbocycles. The topological polar surface area (TPSA) is 54.0 Å². The SMILES string of the molecule is CNc1ccncc1C(=O)Nc1ccc(C(F)(F)F)cc1. The molecule has 0 bridgehead atoms. The zero-order chi connectivity index (χ0) is 15.5. The molecule has 1 heterocycles. The highest BCUT2D eigenvalue weighted by molar-refractivity contribution is 6.07. The van der Waals surface area contributed by atoms with Gasteiger partial charge in [0, 0.05) is 30.8 Å². The second kappa shape index (κ2) is 5.82. The summed E-state index contributed by atoms with van der Waals surface area (Å²) in [5.41, 5.74) is 0.394. The number of rotatable bonds is 3. The van der Waals surface area contributed by atoms with Crippen molar-refractivity contribution in [2.45, 2.75) is 6.18 Å². The Hall–Kier alpha value is -2.57. The Bertz CT molecular complexity index is 639. The molecule has 21 heavy (non-hydrogen) atoms. The average Bonchev–Trinajstić information content (AvgIpc) is 2.46. The summed E-state index contributed by atoms with van der Waals surface area (Å²) in [7, 11) is 1.66. The summed E-state index contributed by atoms with van der Waals surface area (Å²) in [6, 6.07) is 5.86. The first-order chi connectivity index (χ1) is 9.91. The molecular formula is C14H12F3N3O. The molecule has 0 saturated heterocycles. The Morgan fingerprint density at radius 2 is 1.81 bits per heavy atom. The fourth-order valence-electron chi connectivity index (χ4n) is 1.73. The molecule has 0 unspecified atom stereocenters. The Morgan fingerprint density at radius 1 is 1.14 bits per heavy atom. The third kappa shape index (κ3) is 3.50. The molecule has 1 aromatic heterocycles. The predicted molar refractivity (Wildman–Crippen MR) is 73.2 cm³/mol. The summed E-state index contributed by atoms with van der Waals surface area (Å²) in [6.45, 7) is 0. The lowest BCUT2D eigenvalue weighted by atomic mass is 10.2. The minimum Gasteiger partial charge on any atom is -0.387 e. The highest BCUT2D eigenvalue weighted by atomic mass is 19.4. The summed E-state index contributed by atoms with van der Waals surface area (Å²) in [5.74, 6) is -0.452. The number of benzene rings is 1. The number of alkyl halides is 3. The fourth-order valence-corrected chi connectivity index (χ4v) is 1.73. The summed E-state index contributed by atoms with van der Waals surface area (Å²) in [4.78, 5) is 15.9. The van der Waals surface area contributed by atoms with E-state index in [2.05, 4.69) is 15.6 Å². The van der Waals surface area contributed by atoms with Crippen LogP contribution in [0.3, 0.4) is 0 Å². The number of amides is 1. The van der Waals surface area contributed by atoms with Crippen molar-refractivity contribution < 1.29 is 18.0 Å². The lowest BCUT2D eigenvalue weighted by Crippen LogP contribution is -2.14. The van der Waals surface area contributed by atoms with Gasteiger partial charge in [0.25, 0.3) is 5.91 Å². The maximum absolute atomic E-state index is 12.4. The van der Waals surface area contributed by atoms with Crippen molar-refractivity contribution in [1.82, 2.24) is 4.98 Å². The zero-order valence-corrected chi connectivity index (χ0v) is 11.0. The lowest BCUT2D eigenvalue weighted by Gasteiger charge is -2.10. The van der Waals surface area contributed by atoms with Crippen molar-refractivity contribution in [1.29, 1.82) is 0 Å². The van der Waals surface area contributed by atoms with Gasteiger partial charge in [-0.1, -0.05) is 0 Å². The van der Waals surface area contributed by atoms with E-state index in [4.69, 9.17) is 0 Å².